The first-order valence-corrected chi connectivity index (χ1v) is 4.40. The zero-order valence-corrected chi connectivity index (χ0v) is 7.62. The first-order valence-electron chi connectivity index (χ1n) is 4.40. The van der Waals surface area contributed by atoms with Gasteiger partial charge in [0, 0.05) is 6.54 Å². The summed E-state index contributed by atoms with van der Waals surface area (Å²) in [6.45, 7) is 1.33. The summed E-state index contributed by atoms with van der Waals surface area (Å²) in [4.78, 5) is 4.23. The molecule has 0 aromatic heterocycles. The summed E-state index contributed by atoms with van der Waals surface area (Å²) in [7, 11) is 0. The third-order valence-electron chi connectivity index (χ3n) is 2.15. The zero-order valence-electron chi connectivity index (χ0n) is 7.62. The molecule has 14 heavy (non-hydrogen) atoms. The Morgan fingerprint density at radius 2 is 2.14 bits per heavy atom. The number of nitrogens with one attached hydrogen (secondary N) is 2. The highest BCUT2D eigenvalue weighted by atomic mass is 15.2. The fraction of sp³-hybridized carbons (Fsp3) is 0.200. The molecule has 0 saturated heterocycles. The van der Waals surface area contributed by atoms with Gasteiger partial charge >= 0.3 is 0 Å². The molecule has 0 unspecified atom stereocenters. The fourth-order valence-corrected chi connectivity index (χ4v) is 1.42. The topological polar surface area (TPSA) is 60.2 Å². The second-order valence-corrected chi connectivity index (χ2v) is 3.02. The number of rotatable bonds is 0. The van der Waals surface area contributed by atoms with Crippen molar-refractivity contribution in [2.24, 2.45) is 4.99 Å². The van der Waals surface area contributed by atoms with Gasteiger partial charge in [-0.3, -0.25) is 5.32 Å². The Hall–Kier alpha value is -2.02. The lowest BCUT2D eigenvalue weighted by Gasteiger charge is -2.04. The Morgan fingerprint density at radius 3 is 2.93 bits per heavy atom. The molecule has 1 heterocycles. The Balaban J connectivity index is 2.21. The number of guanidine groups is 1. The van der Waals surface area contributed by atoms with Gasteiger partial charge in [0.15, 0.2) is 6.19 Å². The highest BCUT2D eigenvalue weighted by Crippen LogP contribution is 2.11. The van der Waals surface area contributed by atoms with E-state index in [2.05, 4.69) is 27.8 Å². The van der Waals surface area contributed by atoms with E-state index in [1.165, 1.54) is 11.1 Å². The quantitative estimate of drug-likeness (QED) is 0.463. The minimum Gasteiger partial charge on any atom is -0.351 e. The van der Waals surface area contributed by atoms with Crippen molar-refractivity contribution in [3.63, 3.8) is 0 Å². The molecule has 0 saturated carbocycles. The summed E-state index contributed by atoms with van der Waals surface area (Å²) in [5.41, 5.74) is 2.43. The lowest BCUT2D eigenvalue weighted by atomic mass is 10.1. The normalized spacial score (nSPS) is 14.1. The van der Waals surface area contributed by atoms with E-state index in [4.69, 9.17) is 5.26 Å². The molecule has 0 radical (unpaired) electrons. The average Bonchev–Trinajstić information content (AvgIpc) is 2.42. The molecule has 1 aromatic carbocycles. The molecule has 0 fully saturated rings. The van der Waals surface area contributed by atoms with Crippen LogP contribution in [0.1, 0.15) is 11.1 Å². The minimum atomic E-state index is 0.545. The molecular weight excluding hydrogens is 176 g/mol. The molecular formula is C10H10N4. The van der Waals surface area contributed by atoms with Gasteiger partial charge in [0.05, 0.1) is 6.54 Å². The van der Waals surface area contributed by atoms with E-state index in [0.717, 1.165) is 0 Å². The number of fused-ring (bicyclic) bond motifs is 1. The summed E-state index contributed by atoms with van der Waals surface area (Å²) < 4.78 is 0. The molecule has 1 aromatic rings. The predicted molar refractivity (Wildman–Crippen MR) is 53.2 cm³/mol. The largest absolute Gasteiger partial charge is 0.351 e. The maximum Gasteiger partial charge on any atom is 0.205 e. The molecule has 70 valence electrons. The molecule has 0 spiro atoms. The summed E-state index contributed by atoms with van der Waals surface area (Å²) >= 11 is 0. The molecule has 1 aliphatic rings. The van der Waals surface area contributed by atoms with Crippen LogP contribution in [0.3, 0.4) is 0 Å². The van der Waals surface area contributed by atoms with Crippen molar-refractivity contribution < 1.29 is 0 Å². The van der Waals surface area contributed by atoms with Crippen LogP contribution in [0.4, 0.5) is 0 Å². The van der Waals surface area contributed by atoms with Crippen LogP contribution in [0.15, 0.2) is 29.3 Å². The molecule has 0 atom stereocenters. The maximum absolute atomic E-state index is 8.45. The lowest BCUT2D eigenvalue weighted by molar-refractivity contribution is 0.891. The third kappa shape index (κ3) is 1.67. The van der Waals surface area contributed by atoms with Crippen molar-refractivity contribution in [1.29, 1.82) is 5.26 Å². The SMILES string of the molecule is N#CNC1=NCc2ccccc2CN1. The highest BCUT2D eigenvalue weighted by molar-refractivity contribution is 5.81. The number of hydrogen-bond acceptors (Lipinski definition) is 4. The van der Waals surface area contributed by atoms with E-state index in [1.54, 1.807) is 0 Å². The molecule has 2 rings (SSSR count). The molecule has 2 N–H and O–H groups in total. The minimum absolute atomic E-state index is 0.545. The van der Waals surface area contributed by atoms with Crippen LogP contribution in [0.5, 0.6) is 0 Å². The van der Waals surface area contributed by atoms with Crippen molar-refractivity contribution in [3.8, 4) is 6.19 Å². The van der Waals surface area contributed by atoms with E-state index in [9.17, 15) is 0 Å². The first kappa shape index (κ1) is 8.57. The summed E-state index contributed by atoms with van der Waals surface area (Å²) in [5.74, 6) is 0.545. The summed E-state index contributed by atoms with van der Waals surface area (Å²) in [6, 6.07) is 8.11. The fourth-order valence-electron chi connectivity index (χ4n) is 1.42. The summed E-state index contributed by atoms with van der Waals surface area (Å²) in [5, 5.41) is 14.0. The van der Waals surface area contributed by atoms with Crippen LogP contribution in [0.2, 0.25) is 0 Å². The van der Waals surface area contributed by atoms with Crippen LogP contribution in [-0.4, -0.2) is 5.96 Å². The van der Waals surface area contributed by atoms with Gasteiger partial charge in [0.25, 0.3) is 0 Å². The van der Waals surface area contributed by atoms with Crippen LogP contribution in [-0.2, 0) is 13.1 Å². The van der Waals surface area contributed by atoms with Crippen LogP contribution < -0.4 is 10.6 Å². The molecule has 1 aliphatic heterocycles. The van der Waals surface area contributed by atoms with Gasteiger partial charge in [0.1, 0.15) is 0 Å². The van der Waals surface area contributed by atoms with Crippen molar-refractivity contribution >= 4 is 5.96 Å². The van der Waals surface area contributed by atoms with E-state index in [-0.39, 0.29) is 0 Å². The van der Waals surface area contributed by atoms with Crippen molar-refractivity contribution in [3.05, 3.63) is 35.4 Å². The second-order valence-electron chi connectivity index (χ2n) is 3.02. The molecule has 0 amide bonds. The number of aliphatic imine (C=N–C) groups is 1. The Morgan fingerprint density at radius 1 is 1.36 bits per heavy atom. The van der Waals surface area contributed by atoms with Crippen molar-refractivity contribution in [2.75, 3.05) is 0 Å². The van der Waals surface area contributed by atoms with Crippen molar-refractivity contribution in [2.45, 2.75) is 13.1 Å². The van der Waals surface area contributed by atoms with Gasteiger partial charge in [-0.1, -0.05) is 24.3 Å². The molecule has 0 bridgehead atoms. The van der Waals surface area contributed by atoms with Gasteiger partial charge in [-0.05, 0) is 11.1 Å². The molecule has 4 nitrogen and oxygen atoms in total. The Bertz CT molecular complexity index is 403. The number of hydrogen-bond donors (Lipinski definition) is 2. The van der Waals surface area contributed by atoms with Gasteiger partial charge < -0.3 is 5.32 Å². The predicted octanol–water partition coefficient (Wildman–Crippen LogP) is 0.716. The van der Waals surface area contributed by atoms with Gasteiger partial charge in [0.2, 0.25) is 5.96 Å². The number of nitriles is 1. The third-order valence-corrected chi connectivity index (χ3v) is 2.15. The summed E-state index contributed by atoms with van der Waals surface area (Å²) in [6.07, 6.45) is 1.85. The van der Waals surface area contributed by atoms with E-state index < -0.39 is 0 Å². The highest BCUT2D eigenvalue weighted by Gasteiger charge is 2.07. The van der Waals surface area contributed by atoms with Gasteiger partial charge in [-0.2, -0.15) is 5.26 Å². The van der Waals surface area contributed by atoms with Crippen LogP contribution in [0, 0.1) is 11.5 Å². The van der Waals surface area contributed by atoms with Crippen LogP contribution >= 0.6 is 0 Å². The monoisotopic (exact) mass is 186 g/mol. The number of nitrogens with zero attached hydrogens (tertiary/aromatic N) is 2. The van der Waals surface area contributed by atoms with Crippen LogP contribution in [0.25, 0.3) is 0 Å². The number of benzene rings is 1. The first-order chi connectivity index (χ1) is 6.90. The average molecular weight is 186 g/mol. The second kappa shape index (κ2) is 3.79. The smallest absolute Gasteiger partial charge is 0.205 e. The maximum atomic E-state index is 8.45. The molecule has 0 aliphatic carbocycles. The Kier molecular flexibility index (Phi) is 2.32. The van der Waals surface area contributed by atoms with Gasteiger partial charge in [-0.15, -0.1) is 0 Å². The van der Waals surface area contributed by atoms with Gasteiger partial charge in [-0.25, -0.2) is 4.99 Å². The Labute approximate surface area is 82.3 Å². The van der Waals surface area contributed by atoms with E-state index in [1.807, 2.05) is 18.3 Å². The standard InChI is InChI=1S/C10H10N4/c11-7-14-10-12-5-8-3-1-2-4-9(8)6-13-10/h1-4H,5-6H2,(H2,12,13,14). The zero-order chi connectivity index (χ0) is 9.80. The lowest BCUT2D eigenvalue weighted by Crippen LogP contribution is -2.32. The molecule has 4 heteroatoms. The van der Waals surface area contributed by atoms with E-state index in [0.29, 0.717) is 19.0 Å². The van der Waals surface area contributed by atoms with Crippen molar-refractivity contribution in [1.82, 2.24) is 10.6 Å². The van der Waals surface area contributed by atoms with E-state index >= 15 is 0 Å².